The van der Waals surface area contributed by atoms with Crippen LogP contribution >= 0.6 is 0 Å². The lowest BCUT2D eigenvalue weighted by Crippen LogP contribution is -2.40. The molecular weight excluding hydrogens is 238 g/mol. The molecular formula is C11H17N3O4. The van der Waals surface area contributed by atoms with E-state index in [0.717, 1.165) is 45.7 Å². The van der Waals surface area contributed by atoms with Gasteiger partial charge in [0.05, 0.1) is 19.8 Å². The molecule has 1 aromatic heterocycles. The van der Waals surface area contributed by atoms with E-state index in [1.807, 2.05) is 0 Å². The normalized spacial score (nSPS) is 16.9. The number of carboxylic acids is 1. The maximum Gasteiger partial charge on any atom is 0.357 e. The van der Waals surface area contributed by atoms with Gasteiger partial charge in [-0.1, -0.05) is 0 Å². The lowest BCUT2D eigenvalue weighted by atomic mass is 10.4. The van der Waals surface area contributed by atoms with Crippen molar-refractivity contribution in [2.24, 2.45) is 0 Å². The number of nitrogens with one attached hydrogen (secondary N) is 1. The van der Waals surface area contributed by atoms with Crippen LogP contribution in [-0.2, 0) is 11.3 Å². The van der Waals surface area contributed by atoms with Crippen LogP contribution in [0.1, 0.15) is 16.4 Å². The van der Waals surface area contributed by atoms with Gasteiger partial charge in [0.2, 0.25) is 5.89 Å². The molecule has 2 N–H and O–H groups in total. The minimum Gasteiger partial charge on any atom is -0.476 e. The Labute approximate surface area is 105 Å². The standard InChI is InChI=1S/C11H17N3O4/c15-11(16)9-8-18-10(13-9)7-12-1-2-14-3-5-17-6-4-14/h8,12H,1-7H2,(H,15,16). The topological polar surface area (TPSA) is 87.8 Å². The second kappa shape index (κ2) is 6.48. The second-order valence-corrected chi connectivity index (χ2v) is 4.06. The van der Waals surface area contributed by atoms with Crippen molar-refractivity contribution in [3.63, 3.8) is 0 Å². The molecule has 1 fully saturated rings. The van der Waals surface area contributed by atoms with Gasteiger partial charge in [0.15, 0.2) is 5.69 Å². The van der Waals surface area contributed by atoms with Crippen molar-refractivity contribution < 1.29 is 19.1 Å². The molecule has 1 aromatic rings. The number of carboxylic acid groups (broad SMARTS) is 1. The van der Waals surface area contributed by atoms with Gasteiger partial charge in [-0.3, -0.25) is 4.90 Å². The molecule has 1 saturated heterocycles. The molecule has 0 unspecified atom stereocenters. The maximum atomic E-state index is 10.6. The number of oxazole rings is 1. The summed E-state index contributed by atoms with van der Waals surface area (Å²) in [5, 5.41) is 11.8. The highest BCUT2D eigenvalue weighted by Gasteiger charge is 2.11. The van der Waals surface area contributed by atoms with Gasteiger partial charge in [-0.25, -0.2) is 9.78 Å². The second-order valence-electron chi connectivity index (χ2n) is 4.06. The zero-order chi connectivity index (χ0) is 12.8. The van der Waals surface area contributed by atoms with Crippen molar-refractivity contribution in [2.45, 2.75) is 6.54 Å². The molecule has 0 amide bonds. The summed E-state index contributed by atoms with van der Waals surface area (Å²) in [7, 11) is 0. The number of morpholine rings is 1. The molecule has 0 saturated carbocycles. The van der Waals surface area contributed by atoms with Crippen LogP contribution in [-0.4, -0.2) is 60.4 Å². The van der Waals surface area contributed by atoms with Crippen LogP contribution in [0.25, 0.3) is 0 Å². The van der Waals surface area contributed by atoms with E-state index in [9.17, 15) is 4.79 Å². The van der Waals surface area contributed by atoms with E-state index in [4.69, 9.17) is 14.3 Å². The van der Waals surface area contributed by atoms with Crippen LogP contribution in [0.5, 0.6) is 0 Å². The van der Waals surface area contributed by atoms with Gasteiger partial charge >= 0.3 is 5.97 Å². The molecule has 1 aliphatic rings. The van der Waals surface area contributed by atoms with Crippen molar-refractivity contribution >= 4 is 5.97 Å². The van der Waals surface area contributed by atoms with E-state index in [1.165, 1.54) is 0 Å². The number of ether oxygens (including phenoxy) is 1. The minimum absolute atomic E-state index is 0.0556. The Morgan fingerprint density at radius 3 is 2.94 bits per heavy atom. The van der Waals surface area contributed by atoms with Crippen molar-refractivity contribution in [2.75, 3.05) is 39.4 Å². The average molecular weight is 255 g/mol. The molecule has 0 atom stereocenters. The average Bonchev–Trinajstić information content (AvgIpc) is 2.85. The van der Waals surface area contributed by atoms with Crippen molar-refractivity contribution in [1.82, 2.24) is 15.2 Å². The first-order valence-corrected chi connectivity index (χ1v) is 5.94. The van der Waals surface area contributed by atoms with Gasteiger partial charge in [0.25, 0.3) is 0 Å². The van der Waals surface area contributed by atoms with Gasteiger partial charge in [-0.15, -0.1) is 0 Å². The van der Waals surface area contributed by atoms with Gasteiger partial charge in [0, 0.05) is 26.2 Å². The summed E-state index contributed by atoms with van der Waals surface area (Å²) in [4.78, 5) is 16.7. The van der Waals surface area contributed by atoms with Gasteiger partial charge < -0.3 is 19.6 Å². The number of rotatable bonds is 6. The summed E-state index contributed by atoms with van der Waals surface area (Å²) in [6, 6.07) is 0. The molecule has 0 radical (unpaired) electrons. The first-order chi connectivity index (χ1) is 8.75. The first kappa shape index (κ1) is 13.0. The zero-order valence-corrected chi connectivity index (χ0v) is 10.1. The zero-order valence-electron chi connectivity index (χ0n) is 10.1. The monoisotopic (exact) mass is 255 g/mol. The lowest BCUT2D eigenvalue weighted by Gasteiger charge is -2.26. The van der Waals surface area contributed by atoms with E-state index in [2.05, 4.69) is 15.2 Å². The van der Waals surface area contributed by atoms with Crippen LogP contribution in [0, 0.1) is 0 Å². The van der Waals surface area contributed by atoms with Crippen LogP contribution in [0.4, 0.5) is 0 Å². The molecule has 2 heterocycles. The Morgan fingerprint density at radius 1 is 1.50 bits per heavy atom. The molecule has 2 rings (SSSR count). The van der Waals surface area contributed by atoms with E-state index >= 15 is 0 Å². The SMILES string of the molecule is O=C(O)c1coc(CNCCN2CCOCC2)n1. The molecule has 0 bridgehead atoms. The molecule has 18 heavy (non-hydrogen) atoms. The van der Waals surface area contributed by atoms with Gasteiger partial charge in [0.1, 0.15) is 6.26 Å². The van der Waals surface area contributed by atoms with Gasteiger partial charge in [-0.05, 0) is 0 Å². The quantitative estimate of drug-likeness (QED) is 0.680. The van der Waals surface area contributed by atoms with Crippen molar-refractivity contribution in [3.8, 4) is 0 Å². The Kier molecular flexibility index (Phi) is 4.68. The summed E-state index contributed by atoms with van der Waals surface area (Å²) >= 11 is 0. The van der Waals surface area contributed by atoms with Crippen LogP contribution in [0.3, 0.4) is 0 Å². The highest BCUT2D eigenvalue weighted by molar-refractivity contribution is 5.84. The van der Waals surface area contributed by atoms with Crippen molar-refractivity contribution in [1.29, 1.82) is 0 Å². The number of carbonyl (C=O) groups is 1. The van der Waals surface area contributed by atoms with Gasteiger partial charge in [-0.2, -0.15) is 0 Å². The van der Waals surface area contributed by atoms with E-state index in [0.29, 0.717) is 12.4 Å². The Balaban J connectivity index is 1.63. The fraction of sp³-hybridized carbons (Fsp3) is 0.636. The third kappa shape index (κ3) is 3.80. The summed E-state index contributed by atoms with van der Waals surface area (Å²) in [5.74, 6) is -0.673. The predicted molar refractivity (Wildman–Crippen MR) is 62.4 cm³/mol. The number of hydrogen-bond acceptors (Lipinski definition) is 6. The van der Waals surface area contributed by atoms with Crippen molar-refractivity contribution in [3.05, 3.63) is 17.8 Å². The molecule has 0 aromatic carbocycles. The predicted octanol–water partition coefficient (Wildman–Crippen LogP) is -0.205. The lowest BCUT2D eigenvalue weighted by molar-refractivity contribution is 0.0383. The fourth-order valence-corrected chi connectivity index (χ4v) is 1.75. The van der Waals surface area contributed by atoms with Crippen LogP contribution in [0.15, 0.2) is 10.7 Å². The third-order valence-electron chi connectivity index (χ3n) is 2.76. The number of hydrogen-bond donors (Lipinski definition) is 2. The molecule has 1 aliphatic heterocycles. The largest absolute Gasteiger partial charge is 0.476 e. The molecule has 7 heteroatoms. The molecule has 0 aliphatic carbocycles. The molecule has 7 nitrogen and oxygen atoms in total. The van der Waals surface area contributed by atoms with E-state index in [1.54, 1.807) is 0 Å². The van der Waals surface area contributed by atoms with Crippen LogP contribution < -0.4 is 5.32 Å². The number of nitrogens with zero attached hydrogens (tertiary/aromatic N) is 2. The van der Waals surface area contributed by atoms with E-state index < -0.39 is 5.97 Å². The van der Waals surface area contributed by atoms with E-state index in [-0.39, 0.29) is 5.69 Å². The summed E-state index contributed by atoms with van der Waals surface area (Å²) < 4.78 is 10.3. The maximum absolute atomic E-state index is 10.6. The summed E-state index contributed by atoms with van der Waals surface area (Å²) in [5.41, 5.74) is -0.0556. The number of aromatic nitrogens is 1. The minimum atomic E-state index is -1.07. The molecule has 0 spiro atoms. The first-order valence-electron chi connectivity index (χ1n) is 5.94. The number of aromatic carboxylic acids is 1. The highest BCUT2D eigenvalue weighted by Crippen LogP contribution is 2.01. The summed E-state index contributed by atoms with van der Waals surface area (Å²) in [6.45, 7) is 5.70. The van der Waals surface area contributed by atoms with Crippen LogP contribution in [0.2, 0.25) is 0 Å². The smallest absolute Gasteiger partial charge is 0.357 e. The highest BCUT2D eigenvalue weighted by atomic mass is 16.5. The third-order valence-corrected chi connectivity index (χ3v) is 2.76. The molecule has 100 valence electrons. The Hall–Kier alpha value is -1.44. The fourth-order valence-electron chi connectivity index (χ4n) is 1.75. The summed E-state index contributed by atoms with van der Waals surface area (Å²) in [6.07, 6.45) is 1.15. The Bertz CT molecular complexity index is 387. The Morgan fingerprint density at radius 2 is 2.28 bits per heavy atom.